The molecular weight excluding hydrogens is 188 g/mol. The Kier molecular flexibility index (Phi) is 2.26. The number of nitro groups is 1. The maximum atomic E-state index is 11.4. The summed E-state index contributed by atoms with van der Waals surface area (Å²) >= 11 is 1.80. The summed E-state index contributed by atoms with van der Waals surface area (Å²) < 4.78 is 22.9. The smallest absolute Gasteiger partial charge is 0.264 e. The standard InChI is InChI=1S/C2H2BrF2NO2/c3-2(4,5)1-6(7)8/h1H2. The van der Waals surface area contributed by atoms with Gasteiger partial charge in [0.2, 0.25) is 0 Å². The van der Waals surface area contributed by atoms with Gasteiger partial charge in [0, 0.05) is 4.92 Å². The third-order valence-corrected chi connectivity index (χ3v) is 0.559. The van der Waals surface area contributed by atoms with Gasteiger partial charge in [0.25, 0.3) is 6.54 Å². The Morgan fingerprint density at radius 3 is 2.12 bits per heavy atom. The number of hydrogen-bond donors (Lipinski definition) is 0. The number of alkyl halides is 3. The van der Waals surface area contributed by atoms with E-state index in [0.29, 0.717) is 0 Å². The molecule has 0 saturated carbocycles. The van der Waals surface area contributed by atoms with Crippen molar-refractivity contribution >= 4 is 15.9 Å². The maximum absolute atomic E-state index is 11.4. The largest absolute Gasteiger partial charge is 0.364 e. The van der Waals surface area contributed by atoms with E-state index >= 15 is 0 Å². The highest BCUT2D eigenvalue weighted by atomic mass is 79.9. The first-order valence-corrected chi connectivity index (χ1v) is 2.39. The van der Waals surface area contributed by atoms with Gasteiger partial charge in [0.15, 0.2) is 0 Å². The lowest BCUT2D eigenvalue weighted by Gasteiger charge is -1.98. The molecule has 0 spiro atoms. The van der Waals surface area contributed by atoms with Crippen LogP contribution in [0.25, 0.3) is 0 Å². The minimum Gasteiger partial charge on any atom is -0.264 e. The van der Waals surface area contributed by atoms with Crippen LogP contribution in [-0.2, 0) is 0 Å². The van der Waals surface area contributed by atoms with Crippen LogP contribution in [0.1, 0.15) is 0 Å². The van der Waals surface area contributed by atoms with Crippen molar-refractivity contribution in [2.45, 2.75) is 4.83 Å². The van der Waals surface area contributed by atoms with E-state index in [2.05, 4.69) is 0 Å². The second-order valence-corrected chi connectivity index (χ2v) is 2.27. The third-order valence-electron chi connectivity index (χ3n) is 0.308. The summed E-state index contributed by atoms with van der Waals surface area (Å²) in [5, 5.41) is 9.31. The molecular formula is C2H2BrF2NO2. The second kappa shape index (κ2) is 2.34. The fourth-order valence-electron chi connectivity index (χ4n) is 0.146. The Morgan fingerprint density at radius 1 is 1.75 bits per heavy atom. The lowest BCUT2D eigenvalue weighted by atomic mass is 10.7. The van der Waals surface area contributed by atoms with Crippen molar-refractivity contribution in [1.82, 2.24) is 0 Å². The lowest BCUT2D eigenvalue weighted by molar-refractivity contribution is -0.496. The molecule has 48 valence electrons. The van der Waals surface area contributed by atoms with E-state index in [4.69, 9.17) is 0 Å². The van der Waals surface area contributed by atoms with Gasteiger partial charge < -0.3 is 0 Å². The van der Waals surface area contributed by atoms with Crippen molar-refractivity contribution in [2.75, 3.05) is 6.54 Å². The minimum atomic E-state index is -3.36. The van der Waals surface area contributed by atoms with Crippen LogP contribution in [-0.4, -0.2) is 16.3 Å². The first-order valence-electron chi connectivity index (χ1n) is 1.60. The molecule has 0 atom stereocenters. The summed E-state index contributed by atoms with van der Waals surface area (Å²) in [7, 11) is 0. The van der Waals surface area contributed by atoms with Crippen LogP contribution >= 0.6 is 15.9 Å². The molecule has 0 aliphatic carbocycles. The molecule has 0 unspecified atom stereocenters. The van der Waals surface area contributed by atoms with Gasteiger partial charge in [-0.3, -0.25) is 10.1 Å². The zero-order chi connectivity index (χ0) is 6.78. The Morgan fingerprint density at radius 2 is 2.12 bits per heavy atom. The Hall–Kier alpha value is -0.260. The molecule has 0 aromatic heterocycles. The molecule has 0 fully saturated rings. The molecule has 0 N–H and O–H groups in total. The van der Waals surface area contributed by atoms with E-state index in [0.717, 1.165) is 0 Å². The molecule has 0 aliphatic rings. The molecule has 6 heteroatoms. The Bertz CT molecular complexity index is 101. The average Bonchev–Trinajstić information content (AvgIpc) is 1.21. The topological polar surface area (TPSA) is 43.1 Å². The number of halogens is 3. The van der Waals surface area contributed by atoms with Gasteiger partial charge in [-0.25, -0.2) is 0 Å². The van der Waals surface area contributed by atoms with Crippen molar-refractivity contribution in [3.8, 4) is 0 Å². The third kappa shape index (κ3) is 5.74. The van der Waals surface area contributed by atoms with E-state index < -0.39 is 16.3 Å². The molecule has 0 radical (unpaired) electrons. The number of hydrogen-bond acceptors (Lipinski definition) is 2. The molecule has 0 rings (SSSR count). The minimum absolute atomic E-state index is 1.09. The van der Waals surface area contributed by atoms with E-state index in [1.165, 1.54) is 0 Å². The van der Waals surface area contributed by atoms with E-state index in [-0.39, 0.29) is 0 Å². The van der Waals surface area contributed by atoms with Crippen LogP contribution in [0.2, 0.25) is 0 Å². The first kappa shape index (κ1) is 7.74. The molecule has 0 bridgehead atoms. The second-order valence-electron chi connectivity index (χ2n) is 1.11. The van der Waals surface area contributed by atoms with Gasteiger partial charge in [-0.15, -0.1) is 0 Å². The van der Waals surface area contributed by atoms with Crippen LogP contribution in [0.15, 0.2) is 0 Å². The van der Waals surface area contributed by atoms with Gasteiger partial charge in [0.05, 0.1) is 0 Å². The molecule has 0 amide bonds. The first-order chi connectivity index (χ1) is 3.42. The summed E-state index contributed by atoms with van der Waals surface area (Å²) in [4.78, 5) is 4.86. The summed E-state index contributed by atoms with van der Waals surface area (Å²) in [6.45, 7) is -1.37. The Labute approximate surface area is 52.0 Å². The predicted molar refractivity (Wildman–Crippen MR) is 25.7 cm³/mol. The van der Waals surface area contributed by atoms with E-state index in [1.807, 2.05) is 0 Å². The average molecular weight is 190 g/mol. The van der Waals surface area contributed by atoms with Crippen molar-refractivity contribution in [3.05, 3.63) is 10.1 Å². The van der Waals surface area contributed by atoms with E-state index in [9.17, 15) is 18.9 Å². The molecule has 3 nitrogen and oxygen atoms in total. The maximum Gasteiger partial charge on any atom is 0.364 e. The summed E-state index contributed by atoms with van der Waals surface area (Å²) in [6.07, 6.45) is 0. The van der Waals surface area contributed by atoms with Crippen molar-refractivity contribution in [3.63, 3.8) is 0 Å². The highest BCUT2D eigenvalue weighted by molar-refractivity contribution is 9.10. The van der Waals surface area contributed by atoms with Crippen LogP contribution in [0.3, 0.4) is 0 Å². The van der Waals surface area contributed by atoms with Gasteiger partial charge in [-0.2, -0.15) is 8.78 Å². The van der Waals surface area contributed by atoms with Gasteiger partial charge in [-0.05, 0) is 15.9 Å². The SMILES string of the molecule is O=[N+]([O-])CC(F)(F)Br. The fourth-order valence-corrected chi connectivity index (χ4v) is 0.351. The van der Waals surface area contributed by atoms with Crippen molar-refractivity contribution < 1.29 is 13.7 Å². The summed E-state index contributed by atoms with van der Waals surface area (Å²) in [5.74, 6) is 0. The number of nitrogens with zero attached hydrogens (tertiary/aromatic N) is 1. The molecule has 0 aliphatic heterocycles. The number of rotatable bonds is 2. The normalized spacial score (nSPS) is 11.4. The van der Waals surface area contributed by atoms with Crippen LogP contribution in [0, 0.1) is 10.1 Å². The molecule has 0 aromatic carbocycles. The van der Waals surface area contributed by atoms with E-state index in [1.54, 1.807) is 15.9 Å². The quantitative estimate of drug-likeness (QED) is 0.373. The Balaban J connectivity index is 3.55. The summed E-state index contributed by atoms with van der Waals surface area (Å²) in [6, 6.07) is 0. The molecule has 8 heavy (non-hydrogen) atoms. The highest BCUT2D eigenvalue weighted by Gasteiger charge is 2.30. The van der Waals surface area contributed by atoms with Crippen LogP contribution < -0.4 is 0 Å². The van der Waals surface area contributed by atoms with Crippen LogP contribution in [0.5, 0.6) is 0 Å². The fraction of sp³-hybridized carbons (Fsp3) is 1.00. The van der Waals surface area contributed by atoms with Crippen molar-refractivity contribution in [1.29, 1.82) is 0 Å². The summed E-state index contributed by atoms with van der Waals surface area (Å²) in [5.41, 5.74) is 0. The lowest BCUT2D eigenvalue weighted by Crippen LogP contribution is -2.19. The molecule has 0 heterocycles. The van der Waals surface area contributed by atoms with Gasteiger partial charge >= 0.3 is 4.83 Å². The zero-order valence-electron chi connectivity index (χ0n) is 3.60. The molecule has 0 aromatic rings. The molecule has 0 saturated heterocycles. The van der Waals surface area contributed by atoms with Crippen LogP contribution in [0.4, 0.5) is 8.78 Å². The highest BCUT2D eigenvalue weighted by Crippen LogP contribution is 2.20. The van der Waals surface area contributed by atoms with Gasteiger partial charge in [0.1, 0.15) is 0 Å². The zero-order valence-corrected chi connectivity index (χ0v) is 5.19. The van der Waals surface area contributed by atoms with Crippen molar-refractivity contribution in [2.24, 2.45) is 0 Å². The monoisotopic (exact) mass is 189 g/mol. The van der Waals surface area contributed by atoms with Gasteiger partial charge in [-0.1, -0.05) is 0 Å². The predicted octanol–water partition coefficient (Wildman–Crippen LogP) is 1.25.